The summed E-state index contributed by atoms with van der Waals surface area (Å²) in [5, 5.41) is 11.8. The van der Waals surface area contributed by atoms with Gasteiger partial charge in [0.1, 0.15) is 6.04 Å². The second-order valence-electron chi connectivity index (χ2n) is 4.22. The maximum atomic E-state index is 12.0. The lowest BCUT2D eigenvalue weighted by Crippen LogP contribution is -2.50. The topological polar surface area (TPSA) is 52.6 Å². The second-order valence-corrected chi connectivity index (χ2v) is 4.22. The van der Waals surface area contributed by atoms with Crippen LogP contribution in [0.4, 0.5) is 0 Å². The highest BCUT2D eigenvalue weighted by molar-refractivity contribution is 5.83. The van der Waals surface area contributed by atoms with Gasteiger partial charge in [-0.3, -0.25) is 9.69 Å². The minimum absolute atomic E-state index is 0.0559. The third kappa shape index (κ3) is 2.84. The molecule has 0 aromatic heterocycles. The van der Waals surface area contributed by atoms with Crippen LogP contribution in [0.15, 0.2) is 30.3 Å². The number of hydrogen-bond donors (Lipinski definition) is 2. The summed E-state index contributed by atoms with van der Waals surface area (Å²) in [7, 11) is 0. The van der Waals surface area contributed by atoms with E-state index in [4.69, 9.17) is 5.11 Å². The van der Waals surface area contributed by atoms with Crippen molar-refractivity contribution in [1.29, 1.82) is 0 Å². The lowest BCUT2D eigenvalue weighted by Gasteiger charge is -2.35. The lowest BCUT2D eigenvalue weighted by molar-refractivity contribution is -0.129. The number of aliphatic hydroxyl groups excluding tert-OH is 1. The summed E-state index contributed by atoms with van der Waals surface area (Å²) in [5.74, 6) is 0.0559. The van der Waals surface area contributed by atoms with E-state index in [9.17, 15) is 4.79 Å². The van der Waals surface area contributed by atoms with E-state index in [1.165, 1.54) is 0 Å². The molecule has 1 aromatic rings. The molecule has 0 saturated carbocycles. The van der Waals surface area contributed by atoms with Crippen LogP contribution in [0.1, 0.15) is 18.0 Å². The number of carbonyl (C=O) groups excluding carboxylic acids is 1. The average Bonchev–Trinajstić information content (AvgIpc) is 2.37. The minimum atomic E-state index is -0.212. The molecule has 1 aliphatic rings. The first-order valence-electron chi connectivity index (χ1n) is 6.00. The van der Waals surface area contributed by atoms with Gasteiger partial charge < -0.3 is 10.4 Å². The molecule has 1 aliphatic heterocycles. The van der Waals surface area contributed by atoms with E-state index < -0.39 is 0 Å². The fraction of sp³-hybridized carbons (Fsp3) is 0.462. The van der Waals surface area contributed by atoms with Gasteiger partial charge in [0.25, 0.3) is 0 Å². The van der Waals surface area contributed by atoms with Gasteiger partial charge in [-0.2, -0.15) is 0 Å². The monoisotopic (exact) mass is 234 g/mol. The van der Waals surface area contributed by atoms with E-state index in [0.29, 0.717) is 13.0 Å². The van der Waals surface area contributed by atoms with Crippen molar-refractivity contribution in [2.75, 3.05) is 26.2 Å². The third-order valence-electron chi connectivity index (χ3n) is 3.03. The molecule has 1 aromatic carbocycles. The van der Waals surface area contributed by atoms with Crippen LogP contribution in [0.3, 0.4) is 0 Å². The summed E-state index contributed by atoms with van der Waals surface area (Å²) in [6.45, 7) is 2.45. The van der Waals surface area contributed by atoms with Crippen molar-refractivity contribution >= 4 is 5.91 Å². The number of piperazine rings is 1. The van der Waals surface area contributed by atoms with Crippen molar-refractivity contribution in [3.63, 3.8) is 0 Å². The normalized spacial score (nSPS) is 21.2. The molecule has 1 saturated heterocycles. The highest BCUT2D eigenvalue weighted by atomic mass is 16.3. The lowest BCUT2D eigenvalue weighted by atomic mass is 10.0. The van der Waals surface area contributed by atoms with E-state index in [1.807, 2.05) is 30.3 Å². The molecule has 1 atom stereocenters. The molecule has 2 N–H and O–H groups in total. The average molecular weight is 234 g/mol. The first-order valence-corrected chi connectivity index (χ1v) is 6.00. The van der Waals surface area contributed by atoms with Gasteiger partial charge in [-0.25, -0.2) is 0 Å². The molecule has 1 unspecified atom stereocenters. The molecule has 0 spiro atoms. The molecule has 0 radical (unpaired) electrons. The minimum Gasteiger partial charge on any atom is -0.396 e. The van der Waals surface area contributed by atoms with Crippen LogP contribution >= 0.6 is 0 Å². The van der Waals surface area contributed by atoms with Crippen molar-refractivity contribution in [2.24, 2.45) is 0 Å². The summed E-state index contributed by atoms with van der Waals surface area (Å²) in [6.07, 6.45) is 0.705. The van der Waals surface area contributed by atoms with Crippen LogP contribution in [-0.4, -0.2) is 42.2 Å². The van der Waals surface area contributed by atoms with E-state index in [1.54, 1.807) is 0 Å². The van der Waals surface area contributed by atoms with Gasteiger partial charge in [0.05, 0.1) is 0 Å². The largest absolute Gasteiger partial charge is 0.396 e. The Morgan fingerprint density at radius 2 is 2.12 bits per heavy atom. The zero-order valence-corrected chi connectivity index (χ0v) is 9.80. The predicted octanol–water partition coefficient (Wildman–Crippen LogP) is 0.542. The van der Waals surface area contributed by atoms with Crippen LogP contribution in [0.2, 0.25) is 0 Å². The molecule has 4 nitrogen and oxygen atoms in total. The number of amides is 1. The summed E-state index contributed by atoms with van der Waals surface area (Å²) < 4.78 is 0. The SMILES string of the molecule is O=C1NCCN(CCCO)C1c1ccccc1. The smallest absolute Gasteiger partial charge is 0.242 e. The van der Waals surface area contributed by atoms with Gasteiger partial charge in [0.2, 0.25) is 5.91 Å². The Labute approximate surface area is 101 Å². The van der Waals surface area contributed by atoms with Crippen LogP contribution < -0.4 is 5.32 Å². The number of aliphatic hydroxyl groups is 1. The number of nitrogens with zero attached hydrogens (tertiary/aromatic N) is 1. The van der Waals surface area contributed by atoms with Crippen molar-refractivity contribution < 1.29 is 9.90 Å². The molecule has 17 heavy (non-hydrogen) atoms. The van der Waals surface area contributed by atoms with E-state index >= 15 is 0 Å². The van der Waals surface area contributed by atoms with Gasteiger partial charge in [-0.1, -0.05) is 30.3 Å². The van der Waals surface area contributed by atoms with Crippen molar-refractivity contribution in [3.8, 4) is 0 Å². The van der Waals surface area contributed by atoms with E-state index in [0.717, 1.165) is 18.7 Å². The Morgan fingerprint density at radius 1 is 1.35 bits per heavy atom. The highest BCUT2D eigenvalue weighted by Gasteiger charge is 2.30. The van der Waals surface area contributed by atoms with Gasteiger partial charge >= 0.3 is 0 Å². The summed E-state index contributed by atoms with van der Waals surface area (Å²) in [5.41, 5.74) is 1.02. The fourth-order valence-corrected chi connectivity index (χ4v) is 2.23. The van der Waals surface area contributed by atoms with Crippen LogP contribution in [0.5, 0.6) is 0 Å². The predicted molar refractivity (Wildman–Crippen MR) is 65.5 cm³/mol. The Morgan fingerprint density at radius 3 is 2.82 bits per heavy atom. The van der Waals surface area contributed by atoms with Crippen molar-refractivity contribution in [3.05, 3.63) is 35.9 Å². The standard InChI is InChI=1S/C13H18N2O2/c16-10-4-8-15-9-7-14-13(17)12(15)11-5-2-1-3-6-11/h1-3,5-6,12,16H,4,7-10H2,(H,14,17). The number of carbonyl (C=O) groups is 1. The Hall–Kier alpha value is -1.39. The van der Waals surface area contributed by atoms with E-state index in [-0.39, 0.29) is 18.6 Å². The first-order chi connectivity index (χ1) is 8.33. The van der Waals surface area contributed by atoms with Gasteiger partial charge in [0, 0.05) is 26.2 Å². The molecular formula is C13H18N2O2. The maximum absolute atomic E-state index is 12.0. The highest BCUT2D eigenvalue weighted by Crippen LogP contribution is 2.22. The van der Waals surface area contributed by atoms with Crippen LogP contribution in [0, 0.1) is 0 Å². The van der Waals surface area contributed by atoms with Gasteiger partial charge in [0.15, 0.2) is 0 Å². The third-order valence-corrected chi connectivity index (χ3v) is 3.03. The fourth-order valence-electron chi connectivity index (χ4n) is 2.23. The number of hydrogen-bond acceptors (Lipinski definition) is 3. The van der Waals surface area contributed by atoms with Crippen LogP contribution in [0.25, 0.3) is 0 Å². The number of rotatable bonds is 4. The quantitative estimate of drug-likeness (QED) is 0.799. The summed E-state index contributed by atoms with van der Waals surface area (Å²) in [6, 6.07) is 9.57. The summed E-state index contributed by atoms with van der Waals surface area (Å²) in [4.78, 5) is 14.1. The van der Waals surface area contributed by atoms with Crippen molar-refractivity contribution in [1.82, 2.24) is 10.2 Å². The summed E-state index contributed by atoms with van der Waals surface area (Å²) >= 11 is 0. The van der Waals surface area contributed by atoms with E-state index in [2.05, 4.69) is 10.2 Å². The maximum Gasteiger partial charge on any atom is 0.242 e. The van der Waals surface area contributed by atoms with Crippen LogP contribution in [-0.2, 0) is 4.79 Å². The molecule has 1 fully saturated rings. The number of benzene rings is 1. The van der Waals surface area contributed by atoms with Gasteiger partial charge in [-0.15, -0.1) is 0 Å². The first kappa shape index (κ1) is 12.1. The molecule has 0 aliphatic carbocycles. The molecule has 4 heteroatoms. The molecular weight excluding hydrogens is 216 g/mol. The second kappa shape index (κ2) is 5.80. The molecule has 2 rings (SSSR count). The zero-order valence-electron chi connectivity index (χ0n) is 9.80. The van der Waals surface area contributed by atoms with Gasteiger partial charge in [-0.05, 0) is 12.0 Å². The van der Waals surface area contributed by atoms with Crippen molar-refractivity contribution in [2.45, 2.75) is 12.5 Å². The molecule has 1 amide bonds. The molecule has 0 bridgehead atoms. The Kier molecular flexibility index (Phi) is 4.12. The molecule has 1 heterocycles. The zero-order chi connectivity index (χ0) is 12.1. The number of nitrogens with one attached hydrogen (secondary N) is 1. The Balaban J connectivity index is 2.16. The molecule has 92 valence electrons. The Bertz CT molecular complexity index is 367.